The molecule has 0 fully saturated rings. The van der Waals surface area contributed by atoms with Crippen LogP contribution < -0.4 is 5.32 Å². The van der Waals surface area contributed by atoms with Gasteiger partial charge in [0.1, 0.15) is 5.76 Å². The second-order valence-corrected chi connectivity index (χ2v) is 4.98. The van der Waals surface area contributed by atoms with Crippen LogP contribution in [0.1, 0.15) is 31.9 Å². The summed E-state index contributed by atoms with van der Waals surface area (Å²) in [7, 11) is 4.25. The normalized spacial score (nSPS) is 13.2. The zero-order chi connectivity index (χ0) is 12.5. The van der Waals surface area contributed by atoms with Gasteiger partial charge >= 0.3 is 0 Å². The summed E-state index contributed by atoms with van der Waals surface area (Å²) in [5, 5.41) is 3.56. The lowest BCUT2D eigenvalue weighted by Crippen LogP contribution is -2.28. The van der Waals surface area contributed by atoms with Gasteiger partial charge in [-0.05, 0) is 65.5 Å². The second kappa shape index (κ2) is 8.31. The maximum Gasteiger partial charge on any atom is 0.103 e. The molecular weight excluding hydrogens is 212 g/mol. The number of unbranched alkanes of at least 4 members (excludes halogenated alkanes) is 1. The first-order valence-corrected chi connectivity index (χ1v) is 6.59. The SMILES string of the molecule is CC(CCc1ccco1)NCCCCN(C)C. The number of hydrogen-bond donors (Lipinski definition) is 1. The average molecular weight is 238 g/mol. The van der Waals surface area contributed by atoms with Crippen LogP contribution in [0, 0.1) is 0 Å². The number of furan rings is 1. The van der Waals surface area contributed by atoms with Gasteiger partial charge in [-0.15, -0.1) is 0 Å². The van der Waals surface area contributed by atoms with Gasteiger partial charge in [0, 0.05) is 12.5 Å². The molecule has 98 valence electrons. The van der Waals surface area contributed by atoms with E-state index in [0.29, 0.717) is 6.04 Å². The molecule has 1 rings (SSSR count). The predicted molar refractivity (Wildman–Crippen MR) is 72.3 cm³/mol. The molecule has 1 aromatic heterocycles. The first-order chi connectivity index (χ1) is 8.18. The van der Waals surface area contributed by atoms with Crippen LogP contribution in [-0.4, -0.2) is 38.1 Å². The Bertz CT molecular complexity index is 270. The number of rotatable bonds is 9. The maximum absolute atomic E-state index is 5.32. The molecule has 1 heterocycles. The highest BCUT2D eigenvalue weighted by Gasteiger charge is 2.03. The molecule has 0 aliphatic rings. The van der Waals surface area contributed by atoms with Crippen molar-refractivity contribution < 1.29 is 4.42 Å². The highest BCUT2D eigenvalue weighted by Crippen LogP contribution is 2.05. The van der Waals surface area contributed by atoms with Crippen LogP contribution in [0.15, 0.2) is 22.8 Å². The first-order valence-electron chi connectivity index (χ1n) is 6.59. The Labute approximate surface area is 105 Å². The molecule has 0 bridgehead atoms. The lowest BCUT2D eigenvalue weighted by Gasteiger charge is -2.14. The van der Waals surface area contributed by atoms with E-state index in [1.807, 2.05) is 12.1 Å². The van der Waals surface area contributed by atoms with Crippen LogP contribution in [-0.2, 0) is 6.42 Å². The molecule has 0 amide bonds. The quantitative estimate of drug-likeness (QED) is 0.670. The van der Waals surface area contributed by atoms with Crippen molar-refractivity contribution in [1.29, 1.82) is 0 Å². The lowest BCUT2D eigenvalue weighted by molar-refractivity contribution is 0.386. The number of aryl methyl sites for hydroxylation is 1. The van der Waals surface area contributed by atoms with Crippen molar-refractivity contribution >= 4 is 0 Å². The van der Waals surface area contributed by atoms with Crippen LogP contribution in [0.4, 0.5) is 0 Å². The Hall–Kier alpha value is -0.800. The van der Waals surface area contributed by atoms with E-state index in [-0.39, 0.29) is 0 Å². The van der Waals surface area contributed by atoms with Gasteiger partial charge < -0.3 is 14.6 Å². The molecule has 1 aromatic rings. The molecule has 1 unspecified atom stereocenters. The lowest BCUT2D eigenvalue weighted by atomic mass is 10.1. The van der Waals surface area contributed by atoms with E-state index in [1.54, 1.807) is 6.26 Å². The van der Waals surface area contributed by atoms with Gasteiger partial charge in [-0.25, -0.2) is 0 Å². The topological polar surface area (TPSA) is 28.4 Å². The van der Waals surface area contributed by atoms with Crippen molar-refractivity contribution in [2.45, 2.75) is 38.6 Å². The highest BCUT2D eigenvalue weighted by atomic mass is 16.3. The van der Waals surface area contributed by atoms with E-state index >= 15 is 0 Å². The van der Waals surface area contributed by atoms with Crippen molar-refractivity contribution in [1.82, 2.24) is 10.2 Å². The standard InChI is InChI=1S/C14H26N2O/c1-13(8-9-14-7-6-12-17-14)15-10-4-5-11-16(2)3/h6-7,12-13,15H,4-5,8-11H2,1-3H3. The van der Waals surface area contributed by atoms with Crippen molar-refractivity contribution in [3.05, 3.63) is 24.2 Å². The van der Waals surface area contributed by atoms with Gasteiger partial charge in [0.15, 0.2) is 0 Å². The Morgan fingerprint density at radius 2 is 2.18 bits per heavy atom. The van der Waals surface area contributed by atoms with Crippen LogP contribution in [0.2, 0.25) is 0 Å². The molecule has 0 radical (unpaired) electrons. The zero-order valence-electron chi connectivity index (χ0n) is 11.4. The van der Waals surface area contributed by atoms with Gasteiger partial charge in [-0.3, -0.25) is 0 Å². The fraction of sp³-hybridized carbons (Fsp3) is 0.714. The molecule has 0 saturated heterocycles. The molecule has 0 aromatic carbocycles. The summed E-state index contributed by atoms with van der Waals surface area (Å²) in [5.74, 6) is 1.09. The monoisotopic (exact) mass is 238 g/mol. The highest BCUT2D eigenvalue weighted by molar-refractivity contribution is 4.98. The Morgan fingerprint density at radius 3 is 2.82 bits per heavy atom. The van der Waals surface area contributed by atoms with E-state index < -0.39 is 0 Å². The van der Waals surface area contributed by atoms with Gasteiger partial charge in [-0.1, -0.05) is 0 Å². The third kappa shape index (κ3) is 7.18. The smallest absolute Gasteiger partial charge is 0.103 e. The largest absolute Gasteiger partial charge is 0.469 e. The minimum atomic E-state index is 0.569. The fourth-order valence-electron chi connectivity index (χ4n) is 1.82. The van der Waals surface area contributed by atoms with Gasteiger partial charge in [-0.2, -0.15) is 0 Å². The molecule has 0 spiro atoms. The molecule has 1 N–H and O–H groups in total. The zero-order valence-corrected chi connectivity index (χ0v) is 11.4. The van der Waals surface area contributed by atoms with Crippen LogP contribution >= 0.6 is 0 Å². The van der Waals surface area contributed by atoms with Gasteiger partial charge in [0.05, 0.1) is 6.26 Å². The molecular formula is C14H26N2O. The van der Waals surface area contributed by atoms with Crippen molar-refractivity contribution in [3.8, 4) is 0 Å². The molecule has 0 saturated carbocycles. The molecule has 0 aliphatic carbocycles. The molecule has 1 atom stereocenters. The summed E-state index contributed by atoms with van der Waals surface area (Å²) in [6.07, 6.45) is 6.43. The third-order valence-electron chi connectivity index (χ3n) is 2.93. The minimum absolute atomic E-state index is 0.569. The van der Waals surface area contributed by atoms with Crippen molar-refractivity contribution in [3.63, 3.8) is 0 Å². The molecule has 0 aliphatic heterocycles. The Balaban J connectivity index is 1.96. The van der Waals surface area contributed by atoms with E-state index in [4.69, 9.17) is 4.42 Å². The minimum Gasteiger partial charge on any atom is -0.469 e. The molecule has 3 heteroatoms. The van der Waals surface area contributed by atoms with E-state index in [2.05, 4.69) is 31.2 Å². The number of hydrogen-bond acceptors (Lipinski definition) is 3. The van der Waals surface area contributed by atoms with Gasteiger partial charge in [0.25, 0.3) is 0 Å². The summed E-state index contributed by atoms with van der Waals surface area (Å²) in [6, 6.07) is 4.57. The second-order valence-electron chi connectivity index (χ2n) is 4.98. The van der Waals surface area contributed by atoms with E-state index in [0.717, 1.165) is 25.1 Å². The Morgan fingerprint density at radius 1 is 1.35 bits per heavy atom. The summed E-state index contributed by atoms with van der Waals surface area (Å²) in [5.41, 5.74) is 0. The molecule has 3 nitrogen and oxygen atoms in total. The van der Waals surface area contributed by atoms with Crippen molar-refractivity contribution in [2.75, 3.05) is 27.2 Å². The van der Waals surface area contributed by atoms with Crippen molar-refractivity contribution in [2.24, 2.45) is 0 Å². The summed E-state index contributed by atoms with van der Waals surface area (Å²) in [6.45, 7) is 4.55. The summed E-state index contributed by atoms with van der Waals surface area (Å²) < 4.78 is 5.32. The van der Waals surface area contributed by atoms with E-state index in [1.165, 1.54) is 19.4 Å². The van der Waals surface area contributed by atoms with Gasteiger partial charge in [0.2, 0.25) is 0 Å². The summed E-state index contributed by atoms with van der Waals surface area (Å²) in [4.78, 5) is 2.24. The first kappa shape index (κ1) is 14.3. The summed E-state index contributed by atoms with van der Waals surface area (Å²) >= 11 is 0. The van der Waals surface area contributed by atoms with E-state index in [9.17, 15) is 0 Å². The van der Waals surface area contributed by atoms with Crippen LogP contribution in [0.3, 0.4) is 0 Å². The average Bonchev–Trinajstić information content (AvgIpc) is 2.78. The maximum atomic E-state index is 5.32. The fourth-order valence-corrected chi connectivity index (χ4v) is 1.82. The third-order valence-corrected chi connectivity index (χ3v) is 2.93. The van der Waals surface area contributed by atoms with Crippen LogP contribution in [0.5, 0.6) is 0 Å². The number of nitrogens with zero attached hydrogens (tertiary/aromatic N) is 1. The Kier molecular flexibility index (Phi) is 6.97. The number of nitrogens with one attached hydrogen (secondary N) is 1. The molecule has 17 heavy (non-hydrogen) atoms. The van der Waals surface area contributed by atoms with Crippen LogP contribution in [0.25, 0.3) is 0 Å². The predicted octanol–water partition coefficient (Wildman–Crippen LogP) is 2.53.